The normalized spacial score (nSPS) is 15.5. The lowest BCUT2D eigenvalue weighted by Crippen LogP contribution is -2.39. The van der Waals surface area contributed by atoms with E-state index in [-0.39, 0.29) is 5.91 Å². The summed E-state index contributed by atoms with van der Waals surface area (Å²) in [6.07, 6.45) is 1.06. The lowest BCUT2D eigenvalue weighted by molar-refractivity contribution is -0.118. The minimum atomic E-state index is -0.703. The van der Waals surface area contributed by atoms with Crippen LogP contribution >= 0.6 is 0 Å². The number of amides is 1. The van der Waals surface area contributed by atoms with E-state index in [1.165, 1.54) is 0 Å². The van der Waals surface area contributed by atoms with Gasteiger partial charge in [-0.1, -0.05) is 13.8 Å². The fourth-order valence-corrected chi connectivity index (χ4v) is 1.52. The van der Waals surface area contributed by atoms with Crippen molar-refractivity contribution in [2.45, 2.75) is 39.2 Å². The first-order chi connectivity index (χ1) is 6.33. The van der Waals surface area contributed by atoms with Gasteiger partial charge in [-0.15, -0.1) is 0 Å². The summed E-state index contributed by atoms with van der Waals surface area (Å²) >= 11 is 0. The highest BCUT2D eigenvalue weighted by molar-refractivity contribution is 5.73. The predicted octanol–water partition coefficient (Wildman–Crippen LogP) is 0.248. The van der Waals surface area contributed by atoms with Crippen LogP contribution in [-0.4, -0.2) is 29.7 Å². The van der Waals surface area contributed by atoms with Crippen molar-refractivity contribution in [3.63, 3.8) is 0 Å². The molecule has 84 valence electrons. The first-order valence-corrected chi connectivity index (χ1v) is 5.05. The monoisotopic (exact) mass is 202 g/mol. The highest BCUT2D eigenvalue weighted by atomic mass is 16.3. The van der Waals surface area contributed by atoms with E-state index in [0.717, 1.165) is 6.42 Å². The maximum atomic E-state index is 10.4. The van der Waals surface area contributed by atoms with Crippen LogP contribution in [0.4, 0.5) is 0 Å². The van der Waals surface area contributed by atoms with Gasteiger partial charge >= 0.3 is 0 Å². The van der Waals surface area contributed by atoms with Crippen LogP contribution < -0.4 is 11.1 Å². The topological polar surface area (TPSA) is 75.3 Å². The summed E-state index contributed by atoms with van der Waals surface area (Å²) in [5.74, 6) is 0.143. The van der Waals surface area contributed by atoms with E-state index in [2.05, 4.69) is 19.2 Å². The van der Waals surface area contributed by atoms with E-state index in [1.807, 2.05) is 0 Å². The van der Waals surface area contributed by atoms with Gasteiger partial charge in [0.25, 0.3) is 0 Å². The smallest absolute Gasteiger partial charge is 0.218 e. The molecule has 4 nitrogen and oxygen atoms in total. The molecule has 1 amide bonds. The summed E-state index contributed by atoms with van der Waals surface area (Å²) in [4.78, 5) is 10.4. The molecule has 0 spiro atoms. The SMILES string of the molecule is CC(C)CC(C)(O)CNCCC(N)=O. The van der Waals surface area contributed by atoms with E-state index in [1.54, 1.807) is 6.92 Å². The van der Waals surface area contributed by atoms with Crippen LogP contribution in [0.3, 0.4) is 0 Å². The highest BCUT2D eigenvalue weighted by Crippen LogP contribution is 2.14. The largest absolute Gasteiger partial charge is 0.389 e. The van der Waals surface area contributed by atoms with Crippen molar-refractivity contribution in [3.8, 4) is 0 Å². The summed E-state index contributed by atoms with van der Waals surface area (Å²) in [6, 6.07) is 0. The Bertz CT molecular complexity index is 179. The Morgan fingerprint density at radius 3 is 2.57 bits per heavy atom. The molecular formula is C10H22N2O2. The van der Waals surface area contributed by atoms with E-state index >= 15 is 0 Å². The quantitative estimate of drug-likeness (QED) is 0.518. The molecule has 0 aromatic carbocycles. The maximum absolute atomic E-state index is 10.4. The zero-order valence-corrected chi connectivity index (χ0v) is 9.34. The van der Waals surface area contributed by atoms with Crippen molar-refractivity contribution in [2.75, 3.05) is 13.1 Å². The van der Waals surface area contributed by atoms with Crippen molar-refractivity contribution in [2.24, 2.45) is 11.7 Å². The minimum absolute atomic E-state index is 0.317. The van der Waals surface area contributed by atoms with E-state index < -0.39 is 5.60 Å². The van der Waals surface area contributed by atoms with Crippen LogP contribution in [0.1, 0.15) is 33.6 Å². The van der Waals surface area contributed by atoms with E-state index in [9.17, 15) is 9.90 Å². The zero-order chi connectivity index (χ0) is 11.2. The average Bonchev–Trinajstić information content (AvgIpc) is 1.95. The Morgan fingerprint density at radius 2 is 2.14 bits per heavy atom. The molecule has 4 heteroatoms. The molecule has 0 bridgehead atoms. The van der Waals surface area contributed by atoms with Gasteiger partial charge in [-0.3, -0.25) is 4.79 Å². The number of carbonyl (C=O) groups is 1. The third-order valence-corrected chi connectivity index (χ3v) is 1.90. The fraction of sp³-hybridized carbons (Fsp3) is 0.900. The summed E-state index contributed by atoms with van der Waals surface area (Å²) in [6.45, 7) is 6.96. The summed E-state index contributed by atoms with van der Waals surface area (Å²) < 4.78 is 0. The van der Waals surface area contributed by atoms with Gasteiger partial charge in [-0.2, -0.15) is 0 Å². The summed E-state index contributed by atoms with van der Waals surface area (Å²) in [5.41, 5.74) is 4.28. The Kier molecular flexibility index (Phi) is 5.72. The molecule has 0 saturated heterocycles. The molecule has 4 N–H and O–H groups in total. The van der Waals surface area contributed by atoms with Gasteiger partial charge in [0.05, 0.1) is 5.60 Å². The first-order valence-electron chi connectivity index (χ1n) is 5.05. The third kappa shape index (κ3) is 8.01. The fourth-order valence-electron chi connectivity index (χ4n) is 1.52. The predicted molar refractivity (Wildman–Crippen MR) is 56.8 cm³/mol. The molecule has 0 aromatic heterocycles. The van der Waals surface area contributed by atoms with Crippen LogP contribution in [0.15, 0.2) is 0 Å². The standard InChI is InChI=1S/C10H22N2O2/c1-8(2)6-10(3,14)7-12-5-4-9(11)13/h8,12,14H,4-7H2,1-3H3,(H2,11,13). The lowest BCUT2D eigenvalue weighted by atomic mass is 9.94. The molecule has 0 rings (SSSR count). The number of primary amides is 1. The second kappa shape index (κ2) is 5.98. The maximum Gasteiger partial charge on any atom is 0.218 e. The van der Waals surface area contributed by atoms with Crippen molar-refractivity contribution in [3.05, 3.63) is 0 Å². The van der Waals surface area contributed by atoms with Gasteiger partial charge in [-0.25, -0.2) is 0 Å². The molecular weight excluding hydrogens is 180 g/mol. The van der Waals surface area contributed by atoms with Crippen LogP contribution in [-0.2, 0) is 4.79 Å². The number of hydrogen-bond donors (Lipinski definition) is 3. The second-order valence-electron chi connectivity index (χ2n) is 4.49. The molecule has 14 heavy (non-hydrogen) atoms. The molecule has 0 aliphatic rings. The summed E-state index contributed by atoms with van der Waals surface area (Å²) in [7, 11) is 0. The van der Waals surface area contributed by atoms with Crippen molar-refractivity contribution in [1.29, 1.82) is 0 Å². The number of nitrogens with one attached hydrogen (secondary N) is 1. The minimum Gasteiger partial charge on any atom is -0.389 e. The summed E-state index contributed by atoms with van der Waals surface area (Å²) in [5, 5.41) is 12.9. The van der Waals surface area contributed by atoms with Gasteiger partial charge in [-0.05, 0) is 19.3 Å². The van der Waals surface area contributed by atoms with Crippen LogP contribution in [0, 0.1) is 5.92 Å². The molecule has 0 heterocycles. The molecule has 0 aliphatic heterocycles. The van der Waals surface area contributed by atoms with Crippen LogP contribution in [0.5, 0.6) is 0 Å². The molecule has 1 unspecified atom stereocenters. The number of hydrogen-bond acceptors (Lipinski definition) is 3. The number of nitrogens with two attached hydrogens (primary N) is 1. The molecule has 0 radical (unpaired) electrons. The number of aliphatic hydroxyl groups is 1. The van der Waals surface area contributed by atoms with Crippen molar-refractivity contribution in [1.82, 2.24) is 5.32 Å². The lowest BCUT2D eigenvalue weighted by Gasteiger charge is -2.25. The van der Waals surface area contributed by atoms with Crippen LogP contribution in [0.25, 0.3) is 0 Å². The van der Waals surface area contributed by atoms with Crippen LogP contribution in [0.2, 0.25) is 0 Å². The van der Waals surface area contributed by atoms with Gasteiger partial charge in [0.1, 0.15) is 0 Å². The van der Waals surface area contributed by atoms with E-state index in [4.69, 9.17) is 5.73 Å². The Labute approximate surface area is 85.9 Å². The number of carbonyl (C=O) groups excluding carboxylic acids is 1. The van der Waals surface area contributed by atoms with Gasteiger partial charge in [0, 0.05) is 19.5 Å². The molecule has 0 fully saturated rings. The average molecular weight is 202 g/mol. The Balaban J connectivity index is 3.60. The zero-order valence-electron chi connectivity index (χ0n) is 9.34. The highest BCUT2D eigenvalue weighted by Gasteiger charge is 2.20. The Hall–Kier alpha value is -0.610. The number of rotatable bonds is 7. The molecule has 1 atom stereocenters. The van der Waals surface area contributed by atoms with E-state index in [0.29, 0.717) is 25.4 Å². The van der Waals surface area contributed by atoms with Crippen molar-refractivity contribution < 1.29 is 9.90 Å². The molecule has 0 aromatic rings. The molecule has 0 saturated carbocycles. The molecule has 0 aliphatic carbocycles. The van der Waals surface area contributed by atoms with Crippen molar-refractivity contribution >= 4 is 5.91 Å². The first kappa shape index (κ1) is 13.4. The van der Waals surface area contributed by atoms with Gasteiger partial charge in [0.15, 0.2) is 0 Å². The van der Waals surface area contributed by atoms with Gasteiger partial charge < -0.3 is 16.2 Å². The van der Waals surface area contributed by atoms with Gasteiger partial charge in [0.2, 0.25) is 5.91 Å². The third-order valence-electron chi connectivity index (χ3n) is 1.90. The Morgan fingerprint density at radius 1 is 1.57 bits per heavy atom. The second-order valence-corrected chi connectivity index (χ2v) is 4.49.